The van der Waals surface area contributed by atoms with Crippen LogP contribution in [0.2, 0.25) is 0 Å². The van der Waals surface area contributed by atoms with Crippen molar-refractivity contribution in [3.63, 3.8) is 0 Å². The van der Waals surface area contributed by atoms with E-state index in [1.807, 2.05) is 0 Å². The van der Waals surface area contributed by atoms with Gasteiger partial charge in [-0.2, -0.15) is 5.26 Å². The third-order valence-electron chi connectivity index (χ3n) is 2.76. The SMILES string of the molecule is N#CC1=CC(CF)(CF)Oc2ccc([N+](=O)[O-])cc21. The molecular formula is C12H8F2N2O3. The average Bonchev–Trinajstić information content (AvgIpc) is 2.45. The molecule has 19 heavy (non-hydrogen) atoms. The summed E-state index contributed by atoms with van der Waals surface area (Å²) in [4.78, 5) is 10.0. The quantitative estimate of drug-likeness (QED) is 0.622. The van der Waals surface area contributed by atoms with Crippen molar-refractivity contribution in [3.8, 4) is 11.8 Å². The Balaban J connectivity index is 2.58. The van der Waals surface area contributed by atoms with Gasteiger partial charge in [-0.25, -0.2) is 8.78 Å². The predicted octanol–water partition coefficient (Wildman–Crippen LogP) is 2.57. The number of halogens is 2. The van der Waals surface area contributed by atoms with E-state index in [0.29, 0.717) is 0 Å². The first-order chi connectivity index (χ1) is 9.05. The van der Waals surface area contributed by atoms with Gasteiger partial charge in [-0.15, -0.1) is 0 Å². The fourth-order valence-corrected chi connectivity index (χ4v) is 1.78. The fraction of sp³-hybridized carbons (Fsp3) is 0.250. The summed E-state index contributed by atoms with van der Waals surface area (Å²) in [5.41, 5.74) is -1.93. The summed E-state index contributed by atoms with van der Waals surface area (Å²) in [6.07, 6.45) is 1.03. The number of rotatable bonds is 3. The number of nitro groups is 1. The zero-order chi connectivity index (χ0) is 14.0. The van der Waals surface area contributed by atoms with E-state index in [-0.39, 0.29) is 22.6 Å². The van der Waals surface area contributed by atoms with Gasteiger partial charge in [0.05, 0.1) is 16.6 Å². The molecule has 1 heterocycles. The molecule has 0 atom stereocenters. The number of fused-ring (bicyclic) bond motifs is 1. The number of ether oxygens (including phenoxy) is 1. The van der Waals surface area contributed by atoms with Crippen molar-refractivity contribution in [2.75, 3.05) is 13.3 Å². The first kappa shape index (κ1) is 13.0. The molecule has 0 unspecified atom stereocenters. The van der Waals surface area contributed by atoms with Crippen LogP contribution in [-0.2, 0) is 0 Å². The number of hydrogen-bond acceptors (Lipinski definition) is 4. The average molecular weight is 266 g/mol. The van der Waals surface area contributed by atoms with Gasteiger partial charge < -0.3 is 4.74 Å². The van der Waals surface area contributed by atoms with Crippen LogP contribution >= 0.6 is 0 Å². The van der Waals surface area contributed by atoms with Gasteiger partial charge in [-0.3, -0.25) is 10.1 Å². The Morgan fingerprint density at radius 3 is 2.63 bits per heavy atom. The van der Waals surface area contributed by atoms with E-state index in [1.165, 1.54) is 6.07 Å². The van der Waals surface area contributed by atoms with Gasteiger partial charge in [0.1, 0.15) is 19.1 Å². The molecule has 0 N–H and O–H groups in total. The molecule has 1 aromatic rings. The maximum atomic E-state index is 12.9. The highest BCUT2D eigenvalue weighted by molar-refractivity contribution is 5.83. The van der Waals surface area contributed by atoms with Crippen LogP contribution in [0, 0.1) is 21.4 Å². The molecule has 5 nitrogen and oxygen atoms in total. The lowest BCUT2D eigenvalue weighted by atomic mass is 9.94. The molecule has 0 spiro atoms. The second-order valence-electron chi connectivity index (χ2n) is 4.04. The number of benzene rings is 1. The van der Waals surface area contributed by atoms with Gasteiger partial charge in [-0.05, 0) is 12.1 Å². The molecule has 7 heteroatoms. The largest absolute Gasteiger partial charge is 0.477 e. The van der Waals surface area contributed by atoms with Crippen molar-refractivity contribution in [1.82, 2.24) is 0 Å². The van der Waals surface area contributed by atoms with Crippen molar-refractivity contribution in [2.45, 2.75) is 5.60 Å². The second kappa shape index (κ2) is 4.65. The topological polar surface area (TPSA) is 76.2 Å². The van der Waals surface area contributed by atoms with E-state index < -0.39 is 23.9 Å². The van der Waals surface area contributed by atoms with E-state index in [4.69, 9.17) is 10.00 Å². The number of hydrogen-bond donors (Lipinski definition) is 0. The highest BCUT2D eigenvalue weighted by atomic mass is 19.1. The van der Waals surface area contributed by atoms with Crippen LogP contribution in [0.4, 0.5) is 14.5 Å². The lowest BCUT2D eigenvalue weighted by Gasteiger charge is -2.31. The molecule has 1 aromatic carbocycles. The van der Waals surface area contributed by atoms with Gasteiger partial charge in [0, 0.05) is 17.7 Å². The van der Waals surface area contributed by atoms with Crippen molar-refractivity contribution in [2.24, 2.45) is 0 Å². The molecule has 0 radical (unpaired) electrons. The summed E-state index contributed by atoms with van der Waals surface area (Å²) in [5.74, 6) is 0.0555. The molecule has 1 aliphatic rings. The summed E-state index contributed by atoms with van der Waals surface area (Å²) >= 11 is 0. The standard InChI is InChI=1S/C12H8F2N2O3/c13-6-12(7-14)4-8(5-15)10-3-9(16(17)18)1-2-11(10)19-12/h1-4H,6-7H2. The minimum absolute atomic E-state index is 0.0414. The van der Waals surface area contributed by atoms with Gasteiger partial charge in [-0.1, -0.05) is 0 Å². The molecule has 0 bridgehead atoms. The van der Waals surface area contributed by atoms with Crippen LogP contribution < -0.4 is 4.74 Å². The molecular weight excluding hydrogens is 258 g/mol. The number of nitriles is 1. The fourth-order valence-electron chi connectivity index (χ4n) is 1.78. The van der Waals surface area contributed by atoms with Crippen LogP contribution in [0.15, 0.2) is 24.3 Å². The zero-order valence-corrected chi connectivity index (χ0v) is 9.60. The molecule has 0 saturated heterocycles. The predicted molar refractivity (Wildman–Crippen MR) is 62.0 cm³/mol. The van der Waals surface area contributed by atoms with E-state index >= 15 is 0 Å². The lowest BCUT2D eigenvalue weighted by molar-refractivity contribution is -0.384. The molecule has 0 saturated carbocycles. The Hall–Kier alpha value is -2.49. The van der Waals surface area contributed by atoms with Gasteiger partial charge in [0.15, 0.2) is 5.60 Å². The van der Waals surface area contributed by atoms with Gasteiger partial charge in [0.2, 0.25) is 0 Å². The number of alkyl halides is 2. The van der Waals surface area contributed by atoms with Crippen LogP contribution in [0.1, 0.15) is 5.56 Å². The third-order valence-corrected chi connectivity index (χ3v) is 2.76. The molecule has 2 rings (SSSR count). The molecule has 98 valence electrons. The highest BCUT2D eigenvalue weighted by Crippen LogP contribution is 2.38. The van der Waals surface area contributed by atoms with E-state index in [1.54, 1.807) is 6.07 Å². The van der Waals surface area contributed by atoms with Crippen LogP contribution in [0.25, 0.3) is 5.57 Å². The van der Waals surface area contributed by atoms with Crippen molar-refractivity contribution >= 4 is 11.3 Å². The number of allylic oxidation sites excluding steroid dienone is 1. The first-order valence-corrected chi connectivity index (χ1v) is 5.28. The highest BCUT2D eigenvalue weighted by Gasteiger charge is 2.37. The van der Waals surface area contributed by atoms with Crippen molar-refractivity contribution < 1.29 is 18.4 Å². The summed E-state index contributed by atoms with van der Waals surface area (Å²) < 4.78 is 31.0. The molecule has 1 aliphatic heterocycles. The minimum atomic E-state index is -1.83. The monoisotopic (exact) mass is 266 g/mol. The smallest absolute Gasteiger partial charge is 0.270 e. The number of non-ortho nitro benzene ring substituents is 1. The number of nitrogens with zero attached hydrogens (tertiary/aromatic N) is 2. The van der Waals surface area contributed by atoms with Crippen molar-refractivity contribution in [1.29, 1.82) is 5.26 Å². The minimum Gasteiger partial charge on any atom is -0.477 e. The molecule has 0 fully saturated rings. The van der Waals surface area contributed by atoms with Crippen LogP contribution in [0.5, 0.6) is 5.75 Å². The Kier molecular flexibility index (Phi) is 3.17. The summed E-state index contributed by atoms with van der Waals surface area (Å²) in [6.45, 7) is -2.27. The first-order valence-electron chi connectivity index (χ1n) is 5.28. The van der Waals surface area contributed by atoms with E-state index in [9.17, 15) is 18.9 Å². The van der Waals surface area contributed by atoms with Crippen LogP contribution in [0.3, 0.4) is 0 Å². The van der Waals surface area contributed by atoms with Crippen LogP contribution in [-0.4, -0.2) is 23.9 Å². The van der Waals surface area contributed by atoms with Crippen molar-refractivity contribution in [3.05, 3.63) is 40.0 Å². The zero-order valence-electron chi connectivity index (χ0n) is 9.60. The van der Waals surface area contributed by atoms with E-state index in [0.717, 1.165) is 18.2 Å². The second-order valence-corrected chi connectivity index (χ2v) is 4.04. The number of nitro benzene ring substituents is 1. The Bertz CT molecular complexity index is 603. The van der Waals surface area contributed by atoms with Gasteiger partial charge in [0.25, 0.3) is 5.69 Å². The molecule has 0 amide bonds. The van der Waals surface area contributed by atoms with E-state index in [2.05, 4.69) is 0 Å². The Morgan fingerprint density at radius 2 is 2.11 bits per heavy atom. The summed E-state index contributed by atoms with van der Waals surface area (Å²) in [5, 5.41) is 19.7. The lowest BCUT2D eigenvalue weighted by Crippen LogP contribution is -2.41. The summed E-state index contributed by atoms with van der Waals surface area (Å²) in [7, 11) is 0. The van der Waals surface area contributed by atoms with Gasteiger partial charge >= 0.3 is 0 Å². The molecule has 0 aromatic heterocycles. The third kappa shape index (κ3) is 2.12. The maximum Gasteiger partial charge on any atom is 0.270 e. The Labute approximate surface area is 106 Å². The molecule has 0 aliphatic carbocycles. The Morgan fingerprint density at radius 1 is 1.42 bits per heavy atom. The summed E-state index contributed by atoms with van der Waals surface area (Å²) in [6, 6.07) is 5.31. The normalized spacial score (nSPS) is 15.7. The maximum absolute atomic E-state index is 12.9.